The summed E-state index contributed by atoms with van der Waals surface area (Å²) >= 11 is 5.07. The summed E-state index contributed by atoms with van der Waals surface area (Å²) in [5.41, 5.74) is 7.86. The predicted molar refractivity (Wildman–Crippen MR) is 72.9 cm³/mol. The number of thiocarbonyl (C=S) groups is 1. The molecule has 0 spiro atoms. The van der Waals surface area contributed by atoms with E-state index in [9.17, 15) is 0 Å². The summed E-state index contributed by atoms with van der Waals surface area (Å²) in [4.78, 5) is 2.74. The second kappa shape index (κ2) is 4.42. The summed E-state index contributed by atoms with van der Waals surface area (Å²) in [6, 6.07) is 8.08. The quantitative estimate of drug-likeness (QED) is 0.811. The highest BCUT2D eigenvalue weighted by Crippen LogP contribution is 2.38. The molecule has 1 aliphatic rings. The first-order chi connectivity index (χ1) is 7.59. The Kier molecular flexibility index (Phi) is 3.15. The first-order valence-corrected chi connectivity index (χ1v) is 6.10. The molecule has 16 heavy (non-hydrogen) atoms. The molecule has 86 valence electrons. The fourth-order valence-corrected chi connectivity index (χ4v) is 2.29. The zero-order valence-corrected chi connectivity index (χ0v) is 10.6. The molecule has 1 fully saturated rings. The molecule has 2 atom stereocenters. The van der Waals surface area contributed by atoms with E-state index in [4.69, 9.17) is 18.0 Å². The second-order valence-electron chi connectivity index (χ2n) is 4.73. The normalized spacial score (nSPS) is 22.9. The number of hydrogen-bond donors (Lipinski definition) is 1. The lowest BCUT2D eigenvalue weighted by molar-refractivity contribution is 0.725. The standard InChI is InChI=1S/C13H18N2S/c1-9-7-10(9)8-15(2)12-6-4-3-5-11(12)13(14)16/h3-6,9-10H,7-8H2,1-2H3,(H2,14,16). The SMILES string of the molecule is CC1CC1CN(C)c1ccccc1C(N)=S. The maximum Gasteiger partial charge on any atom is 0.106 e. The molecule has 0 aromatic heterocycles. The third kappa shape index (κ3) is 2.35. The van der Waals surface area contributed by atoms with Crippen molar-refractivity contribution in [3.63, 3.8) is 0 Å². The van der Waals surface area contributed by atoms with Crippen LogP contribution < -0.4 is 10.6 Å². The lowest BCUT2D eigenvalue weighted by Gasteiger charge is -2.22. The van der Waals surface area contributed by atoms with Crippen LogP contribution in [-0.2, 0) is 0 Å². The third-order valence-corrected chi connectivity index (χ3v) is 3.59. The van der Waals surface area contributed by atoms with Crippen LogP contribution in [0.5, 0.6) is 0 Å². The summed E-state index contributed by atoms with van der Waals surface area (Å²) in [7, 11) is 2.11. The summed E-state index contributed by atoms with van der Waals surface area (Å²) in [6.07, 6.45) is 1.35. The Balaban J connectivity index is 2.15. The molecular weight excluding hydrogens is 216 g/mol. The van der Waals surface area contributed by atoms with E-state index in [1.807, 2.05) is 18.2 Å². The number of para-hydroxylation sites is 1. The van der Waals surface area contributed by atoms with Gasteiger partial charge in [0.2, 0.25) is 0 Å². The molecule has 0 saturated heterocycles. The molecule has 1 aromatic rings. The predicted octanol–water partition coefficient (Wildman–Crippen LogP) is 2.41. The van der Waals surface area contributed by atoms with Crippen LogP contribution in [0.4, 0.5) is 5.69 Å². The Labute approximate surface area is 102 Å². The zero-order chi connectivity index (χ0) is 11.7. The van der Waals surface area contributed by atoms with Crippen molar-refractivity contribution >= 4 is 22.9 Å². The Bertz CT molecular complexity index is 403. The van der Waals surface area contributed by atoms with Crippen molar-refractivity contribution in [1.82, 2.24) is 0 Å². The molecular formula is C13H18N2S. The van der Waals surface area contributed by atoms with Gasteiger partial charge in [-0.2, -0.15) is 0 Å². The van der Waals surface area contributed by atoms with E-state index in [0.29, 0.717) is 4.99 Å². The number of nitrogens with zero attached hydrogens (tertiary/aromatic N) is 1. The Morgan fingerprint density at radius 2 is 2.12 bits per heavy atom. The minimum Gasteiger partial charge on any atom is -0.389 e. The van der Waals surface area contributed by atoms with E-state index in [1.54, 1.807) is 0 Å². The molecule has 1 aromatic carbocycles. The fraction of sp³-hybridized carbons (Fsp3) is 0.462. The van der Waals surface area contributed by atoms with Crippen LogP contribution in [0.3, 0.4) is 0 Å². The maximum absolute atomic E-state index is 5.73. The smallest absolute Gasteiger partial charge is 0.106 e. The maximum atomic E-state index is 5.73. The molecule has 0 bridgehead atoms. The second-order valence-corrected chi connectivity index (χ2v) is 5.17. The van der Waals surface area contributed by atoms with Crippen molar-refractivity contribution in [3.8, 4) is 0 Å². The lowest BCUT2D eigenvalue weighted by Crippen LogP contribution is -2.24. The van der Waals surface area contributed by atoms with E-state index in [-0.39, 0.29) is 0 Å². The van der Waals surface area contributed by atoms with Crippen molar-refractivity contribution in [2.45, 2.75) is 13.3 Å². The van der Waals surface area contributed by atoms with Gasteiger partial charge in [0.1, 0.15) is 4.99 Å². The summed E-state index contributed by atoms with van der Waals surface area (Å²) in [5.74, 6) is 1.71. The fourth-order valence-electron chi connectivity index (χ4n) is 2.12. The molecule has 0 amide bonds. The van der Waals surface area contributed by atoms with E-state index < -0.39 is 0 Å². The van der Waals surface area contributed by atoms with Gasteiger partial charge < -0.3 is 10.6 Å². The lowest BCUT2D eigenvalue weighted by atomic mass is 10.1. The van der Waals surface area contributed by atoms with Gasteiger partial charge in [-0.3, -0.25) is 0 Å². The van der Waals surface area contributed by atoms with Gasteiger partial charge in [0.15, 0.2) is 0 Å². The molecule has 2 unspecified atom stereocenters. The third-order valence-electron chi connectivity index (χ3n) is 3.37. The van der Waals surface area contributed by atoms with Crippen molar-refractivity contribution in [2.24, 2.45) is 17.6 Å². The Hall–Kier alpha value is -1.09. The summed E-state index contributed by atoms with van der Waals surface area (Å²) in [5, 5.41) is 0. The van der Waals surface area contributed by atoms with Crippen LogP contribution >= 0.6 is 12.2 Å². The number of hydrogen-bond acceptors (Lipinski definition) is 2. The van der Waals surface area contributed by atoms with Gasteiger partial charge in [0.05, 0.1) is 0 Å². The first kappa shape index (κ1) is 11.4. The number of anilines is 1. The minimum atomic E-state index is 0.478. The Morgan fingerprint density at radius 3 is 2.69 bits per heavy atom. The molecule has 2 nitrogen and oxygen atoms in total. The minimum absolute atomic E-state index is 0.478. The topological polar surface area (TPSA) is 29.3 Å². The first-order valence-electron chi connectivity index (χ1n) is 5.69. The largest absolute Gasteiger partial charge is 0.389 e. The highest BCUT2D eigenvalue weighted by Gasteiger charge is 2.33. The summed E-state index contributed by atoms with van der Waals surface area (Å²) in [6.45, 7) is 3.40. The van der Waals surface area contributed by atoms with Crippen LogP contribution in [0.2, 0.25) is 0 Å². The molecule has 0 heterocycles. The molecule has 2 N–H and O–H groups in total. The van der Waals surface area contributed by atoms with Crippen molar-refractivity contribution in [1.29, 1.82) is 0 Å². The van der Waals surface area contributed by atoms with Crippen molar-refractivity contribution in [3.05, 3.63) is 29.8 Å². The van der Waals surface area contributed by atoms with Crippen LogP contribution in [-0.4, -0.2) is 18.6 Å². The van der Waals surface area contributed by atoms with Gasteiger partial charge in [0.25, 0.3) is 0 Å². The van der Waals surface area contributed by atoms with Crippen molar-refractivity contribution in [2.75, 3.05) is 18.5 Å². The molecule has 2 rings (SSSR count). The number of nitrogens with two attached hydrogens (primary N) is 1. The monoisotopic (exact) mass is 234 g/mol. The van der Waals surface area contributed by atoms with Gasteiger partial charge in [0, 0.05) is 24.8 Å². The Morgan fingerprint density at radius 1 is 1.50 bits per heavy atom. The number of rotatable bonds is 4. The van der Waals surface area contributed by atoms with Gasteiger partial charge in [-0.1, -0.05) is 31.3 Å². The molecule has 1 saturated carbocycles. The molecule has 0 radical (unpaired) electrons. The molecule has 3 heteroatoms. The van der Waals surface area contributed by atoms with Crippen molar-refractivity contribution < 1.29 is 0 Å². The van der Waals surface area contributed by atoms with E-state index >= 15 is 0 Å². The molecule has 0 aliphatic heterocycles. The zero-order valence-electron chi connectivity index (χ0n) is 9.81. The van der Waals surface area contributed by atoms with Crippen LogP contribution in [0.25, 0.3) is 0 Å². The van der Waals surface area contributed by atoms with Gasteiger partial charge >= 0.3 is 0 Å². The van der Waals surface area contributed by atoms with Crippen LogP contribution in [0.15, 0.2) is 24.3 Å². The van der Waals surface area contributed by atoms with Gasteiger partial charge in [-0.15, -0.1) is 0 Å². The summed E-state index contributed by atoms with van der Waals surface area (Å²) < 4.78 is 0. The van der Waals surface area contributed by atoms with Crippen LogP contribution in [0, 0.1) is 11.8 Å². The average molecular weight is 234 g/mol. The van der Waals surface area contributed by atoms with E-state index in [1.165, 1.54) is 6.42 Å². The average Bonchev–Trinajstić information content (AvgIpc) is 2.94. The highest BCUT2D eigenvalue weighted by atomic mass is 32.1. The highest BCUT2D eigenvalue weighted by molar-refractivity contribution is 7.80. The van der Waals surface area contributed by atoms with E-state index in [2.05, 4.69) is 24.9 Å². The van der Waals surface area contributed by atoms with Crippen LogP contribution in [0.1, 0.15) is 18.9 Å². The van der Waals surface area contributed by atoms with Gasteiger partial charge in [-0.05, 0) is 30.4 Å². The van der Waals surface area contributed by atoms with Gasteiger partial charge in [-0.25, -0.2) is 0 Å². The van der Waals surface area contributed by atoms with E-state index in [0.717, 1.165) is 29.6 Å². The molecule has 1 aliphatic carbocycles. The number of benzene rings is 1.